The van der Waals surface area contributed by atoms with Crippen molar-refractivity contribution in [1.82, 2.24) is 0 Å². The monoisotopic (exact) mass is 216 g/mol. The van der Waals surface area contributed by atoms with E-state index in [1.807, 2.05) is 6.92 Å². The molecule has 0 radical (unpaired) electrons. The van der Waals surface area contributed by atoms with Crippen molar-refractivity contribution in [3.8, 4) is 0 Å². The van der Waals surface area contributed by atoms with Gasteiger partial charge in [0.25, 0.3) is 0 Å². The van der Waals surface area contributed by atoms with Crippen molar-refractivity contribution in [3.63, 3.8) is 0 Å². The SMILES string of the molecule is CC1=C(Br)CCC(C(=O)O)=C1. The molecule has 0 spiro atoms. The largest absolute Gasteiger partial charge is 0.478 e. The van der Waals surface area contributed by atoms with Gasteiger partial charge in [-0.25, -0.2) is 4.79 Å². The molecule has 0 aromatic heterocycles. The molecule has 60 valence electrons. The molecule has 1 aliphatic carbocycles. The Hall–Kier alpha value is -0.570. The third kappa shape index (κ3) is 1.93. The van der Waals surface area contributed by atoms with E-state index in [9.17, 15) is 4.79 Å². The maximum Gasteiger partial charge on any atom is 0.331 e. The number of rotatable bonds is 1. The van der Waals surface area contributed by atoms with Crippen LogP contribution in [0.3, 0.4) is 0 Å². The van der Waals surface area contributed by atoms with Gasteiger partial charge < -0.3 is 5.11 Å². The fraction of sp³-hybridized carbons (Fsp3) is 0.375. The van der Waals surface area contributed by atoms with Crippen LogP contribution in [0.2, 0.25) is 0 Å². The minimum Gasteiger partial charge on any atom is -0.478 e. The van der Waals surface area contributed by atoms with Crippen LogP contribution < -0.4 is 0 Å². The second kappa shape index (κ2) is 3.22. The quantitative estimate of drug-likeness (QED) is 0.732. The van der Waals surface area contributed by atoms with Crippen molar-refractivity contribution >= 4 is 21.9 Å². The first-order valence-electron chi connectivity index (χ1n) is 3.40. The van der Waals surface area contributed by atoms with Crippen LogP contribution in [0.15, 0.2) is 21.7 Å². The molecule has 0 fully saturated rings. The summed E-state index contributed by atoms with van der Waals surface area (Å²) in [5, 5.41) is 8.64. The van der Waals surface area contributed by atoms with Gasteiger partial charge in [-0.3, -0.25) is 0 Å². The van der Waals surface area contributed by atoms with Gasteiger partial charge in [0.15, 0.2) is 0 Å². The Bertz CT molecular complexity index is 251. The van der Waals surface area contributed by atoms with Crippen LogP contribution in [-0.4, -0.2) is 11.1 Å². The highest BCUT2D eigenvalue weighted by Gasteiger charge is 2.13. The molecule has 0 heterocycles. The first-order chi connectivity index (χ1) is 5.11. The minimum absolute atomic E-state index is 0.505. The topological polar surface area (TPSA) is 37.3 Å². The number of allylic oxidation sites excluding steroid dienone is 3. The van der Waals surface area contributed by atoms with E-state index < -0.39 is 5.97 Å². The molecule has 1 rings (SSSR count). The van der Waals surface area contributed by atoms with Gasteiger partial charge in [-0.2, -0.15) is 0 Å². The van der Waals surface area contributed by atoms with Crippen LogP contribution in [0, 0.1) is 0 Å². The van der Waals surface area contributed by atoms with Crippen LogP contribution in [0.1, 0.15) is 19.8 Å². The number of carboxylic acids is 1. The lowest BCUT2D eigenvalue weighted by molar-refractivity contribution is -0.132. The standard InChI is InChI=1S/C8H9BrO2/c1-5-4-6(8(10)11)2-3-7(5)9/h4H,2-3H2,1H3,(H,10,11). The molecule has 0 aliphatic heterocycles. The Labute approximate surface area is 73.7 Å². The molecule has 0 unspecified atom stereocenters. The third-order valence-corrected chi connectivity index (χ3v) is 2.73. The summed E-state index contributed by atoms with van der Waals surface area (Å²) in [6.45, 7) is 1.91. The molecule has 3 heteroatoms. The summed E-state index contributed by atoms with van der Waals surface area (Å²) in [5.41, 5.74) is 1.53. The molecule has 1 N–H and O–H groups in total. The number of carboxylic acid groups (broad SMARTS) is 1. The zero-order valence-corrected chi connectivity index (χ0v) is 7.81. The predicted octanol–water partition coefficient (Wildman–Crippen LogP) is 2.46. The zero-order chi connectivity index (χ0) is 8.43. The van der Waals surface area contributed by atoms with Gasteiger partial charge in [0, 0.05) is 5.57 Å². The van der Waals surface area contributed by atoms with Crippen molar-refractivity contribution in [2.24, 2.45) is 0 Å². The van der Waals surface area contributed by atoms with Gasteiger partial charge in [0.05, 0.1) is 0 Å². The Balaban J connectivity index is 2.89. The van der Waals surface area contributed by atoms with Gasteiger partial charge in [-0.15, -0.1) is 0 Å². The zero-order valence-electron chi connectivity index (χ0n) is 6.22. The van der Waals surface area contributed by atoms with E-state index in [1.165, 1.54) is 0 Å². The van der Waals surface area contributed by atoms with Gasteiger partial charge in [-0.1, -0.05) is 15.9 Å². The summed E-state index contributed by atoms with van der Waals surface area (Å²) in [4.78, 5) is 10.5. The summed E-state index contributed by atoms with van der Waals surface area (Å²) in [5.74, 6) is -0.802. The molecule has 0 atom stereocenters. The normalized spacial score (nSPS) is 18.2. The first kappa shape index (κ1) is 8.53. The number of carbonyl (C=O) groups is 1. The van der Waals surface area contributed by atoms with Crippen LogP contribution in [0.25, 0.3) is 0 Å². The summed E-state index contributed by atoms with van der Waals surface area (Å²) in [6, 6.07) is 0. The van der Waals surface area contributed by atoms with Gasteiger partial charge in [-0.05, 0) is 35.9 Å². The molecule has 11 heavy (non-hydrogen) atoms. The summed E-state index contributed by atoms with van der Waals surface area (Å²) < 4.78 is 1.11. The third-order valence-electron chi connectivity index (χ3n) is 1.71. The lowest BCUT2D eigenvalue weighted by atomic mass is 10.0. The number of hydrogen-bond donors (Lipinski definition) is 1. The Morgan fingerprint density at radius 1 is 1.64 bits per heavy atom. The second-order valence-electron chi connectivity index (χ2n) is 2.56. The van der Waals surface area contributed by atoms with E-state index in [-0.39, 0.29) is 0 Å². The van der Waals surface area contributed by atoms with E-state index in [4.69, 9.17) is 5.11 Å². The van der Waals surface area contributed by atoms with Crippen molar-refractivity contribution in [2.45, 2.75) is 19.8 Å². The van der Waals surface area contributed by atoms with Crippen molar-refractivity contribution in [3.05, 3.63) is 21.7 Å². The maximum absolute atomic E-state index is 10.5. The molecule has 2 nitrogen and oxygen atoms in total. The second-order valence-corrected chi connectivity index (χ2v) is 3.52. The summed E-state index contributed by atoms with van der Waals surface area (Å²) in [7, 11) is 0. The highest BCUT2D eigenvalue weighted by atomic mass is 79.9. The molecule has 0 saturated carbocycles. The van der Waals surface area contributed by atoms with Gasteiger partial charge >= 0.3 is 5.97 Å². The maximum atomic E-state index is 10.5. The number of halogens is 1. The molecule has 1 aliphatic rings. The first-order valence-corrected chi connectivity index (χ1v) is 4.19. The molecular formula is C8H9BrO2. The van der Waals surface area contributed by atoms with E-state index in [1.54, 1.807) is 6.08 Å². The van der Waals surface area contributed by atoms with Crippen LogP contribution >= 0.6 is 15.9 Å². The molecule has 0 bridgehead atoms. The van der Waals surface area contributed by atoms with Crippen molar-refractivity contribution < 1.29 is 9.90 Å². The highest BCUT2D eigenvalue weighted by Crippen LogP contribution is 2.27. The van der Waals surface area contributed by atoms with Crippen LogP contribution in [0.4, 0.5) is 0 Å². The average Bonchev–Trinajstić information content (AvgIpc) is 1.94. The van der Waals surface area contributed by atoms with Crippen molar-refractivity contribution in [2.75, 3.05) is 0 Å². The Morgan fingerprint density at radius 3 is 2.73 bits per heavy atom. The molecule has 0 aromatic rings. The predicted molar refractivity (Wildman–Crippen MR) is 46.6 cm³/mol. The molecule has 0 aromatic carbocycles. The van der Waals surface area contributed by atoms with Crippen molar-refractivity contribution in [1.29, 1.82) is 0 Å². The van der Waals surface area contributed by atoms with Crippen LogP contribution in [-0.2, 0) is 4.79 Å². The summed E-state index contributed by atoms with van der Waals surface area (Å²) in [6.07, 6.45) is 3.16. The minimum atomic E-state index is -0.802. The lowest BCUT2D eigenvalue weighted by Crippen LogP contribution is -2.04. The van der Waals surface area contributed by atoms with E-state index in [0.29, 0.717) is 12.0 Å². The van der Waals surface area contributed by atoms with E-state index >= 15 is 0 Å². The molecule has 0 amide bonds. The number of hydrogen-bond acceptors (Lipinski definition) is 1. The smallest absolute Gasteiger partial charge is 0.331 e. The fourth-order valence-corrected chi connectivity index (χ4v) is 1.33. The molecule has 0 saturated heterocycles. The lowest BCUT2D eigenvalue weighted by Gasteiger charge is -2.10. The van der Waals surface area contributed by atoms with E-state index in [2.05, 4.69) is 15.9 Å². The van der Waals surface area contributed by atoms with E-state index in [0.717, 1.165) is 16.5 Å². The van der Waals surface area contributed by atoms with Gasteiger partial charge in [0.2, 0.25) is 0 Å². The number of aliphatic carboxylic acids is 1. The average molecular weight is 217 g/mol. The fourth-order valence-electron chi connectivity index (χ4n) is 1.02. The summed E-state index contributed by atoms with van der Waals surface area (Å²) >= 11 is 3.37. The molecular weight excluding hydrogens is 208 g/mol. The highest BCUT2D eigenvalue weighted by molar-refractivity contribution is 9.11. The van der Waals surface area contributed by atoms with Gasteiger partial charge in [0.1, 0.15) is 0 Å². The Morgan fingerprint density at radius 2 is 2.27 bits per heavy atom. The van der Waals surface area contributed by atoms with Crippen LogP contribution in [0.5, 0.6) is 0 Å². The Kier molecular flexibility index (Phi) is 2.49.